The van der Waals surface area contributed by atoms with E-state index >= 15 is 0 Å². The summed E-state index contributed by atoms with van der Waals surface area (Å²) < 4.78 is 13.3. The lowest BCUT2D eigenvalue weighted by Crippen LogP contribution is -2.33. The summed E-state index contributed by atoms with van der Waals surface area (Å²) in [6, 6.07) is 10.2. The monoisotopic (exact) mass is 356 g/mol. The van der Waals surface area contributed by atoms with E-state index < -0.39 is 6.17 Å². The topological polar surface area (TPSA) is 55.0 Å². The normalized spacial score (nSPS) is 16.6. The Morgan fingerprint density at radius 1 is 1.20 bits per heavy atom. The number of hydrogen-bond donors (Lipinski definition) is 1. The van der Waals surface area contributed by atoms with Gasteiger partial charge in [-0.15, -0.1) is 11.3 Å². The highest BCUT2D eigenvalue weighted by molar-refractivity contribution is 7.18. The quantitative estimate of drug-likeness (QED) is 0.765. The number of nitrogens with zero attached hydrogens (tertiary/aromatic N) is 3. The molecule has 0 unspecified atom stereocenters. The van der Waals surface area contributed by atoms with Gasteiger partial charge in [-0.05, 0) is 25.8 Å². The van der Waals surface area contributed by atoms with Gasteiger partial charge in [-0.2, -0.15) is 0 Å². The molecule has 0 bridgehead atoms. The molecule has 3 aromatic rings. The number of halogens is 1. The average Bonchev–Trinajstić information content (AvgIpc) is 3.01. The largest absolute Gasteiger partial charge is 0.383 e. The zero-order valence-electron chi connectivity index (χ0n) is 14.2. The fourth-order valence-corrected chi connectivity index (χ4v) is 4.26. The van der Waals surface area contributed by atoms with Crippen molar-refractivity contribution < 1.29 is 4.39 Å². The zero-order valence-corrected chi connectivity index (χ0v) is 15.0. The fourth-order valence-electron chi connectivity index (χ4n) is 3.18. The Labute approximate surface area is 150 Å². The molecule has 1 aromatic carbocycles. The Bertz CT molecular complexity index is 882. The van der Waals surface area contributed by atoms with Crippen LogP contribution in [0.3, 0.4) is 0 Å². The minimum absolute atomic E-state index is 0.519. The number of rotatable bonds is 3. The number of benzene rings is 1. The fraction of sp³-hybridized carbons (Fsp3) is 0.368. The van der Waals surface area contributed by atoms with Crippen LogP contribution in [0.5, 0.6) is 0 Å². The molecule has 130 valence electrons. The van der Waals surface area contributed by atoms with E-state index in [0.29, 0.717) is 24.5 Å². The van der Waals surface area contributed by atoms with E-state index in [2.05, 4.69) is 22.9 Å². The summed E-state index contributed by atoms with van der Waals surface area (Å²) in [5.74, 6) is 1.18. The Balaban J connectivity index is 1.61. The smallest absolute Gasteiger partial charge is 0.163 e. The van der Waals surface area contributed by atoms with Gasteiger partial charge in [-0.3, -0.25) is 4.90 Å². The predicted octanol–water partition coefficient (Wildman–Crippen LogP) is 4.18. The summed E-state index contributed by atoms with van der Waals surface area (Å²) in [5.41, 5.74) is 8.35. The SMILES string of the molecule is Cc1ccc(-c2nc(N)c3cc(CN4CCC(F)CC4)sc3n2)cc1. The second-order valence-electron chi connectivity index (χ2n) is 6.68. The van der Waals surface area contributed by atoms with Gasteiger partial charge < -0.3 is 5.73 Å². The van der Waals surface area contributed by atoms with Crippen molar-refractivity contribution in [3.8, 4) is 11.4 Å². The molecule has 4 nitrogen and oxygen atoms in total. The third-order valence-electron chi connectivity index (χ3n) is 4.68. The van der Waals surface area contributed by atoms with E-state index in [1.807, 2.05) is 24.3 Å². The maximum absolute atomic E-state index is 13.3. The Morgan fingerprint density at radius 3 is 2.64 bits per heavy atom. The third-order valence-corrected chi connectivity index (χ3v) is 5.69. The van der Waals surface area contributed by atoms with Crippen LogP contribution < -0.4 is 5.73 Å². The molecule has 0 atom stereocenters. The third kappa shape index (κ3) is 3.50. The number of nitrogens with two attached hydrogens (primary N) is 1. The van der Waals surface area contributed by atoms with Crippen molar-refractivity contribution in [2.75, 3.05) is 18.8 Å². The molecule has 1 aliphatic heterocycles. The molecule has 2 aromatic heterocycles. The second kappa shape index (κ2) is 6.69. The van der Waals surface area contributed by atoms with Gasteiger partial charge in [0.15, 0.2) is 5.82 Å². The second-order valence-corrected chi connectivity index (χ2v) is 7.80. The van der Waals surface area contributed by atoms with Gasteiger partial charge in [0, 0.05) is 30.1 Å². The number of hydrogen-bond acceptors (Lipinski definition) is 5. The lowest BCUT2D eigenvalue weighted by atomic mass is 10.1. The standard InChI is InChI=1S/C19H21FN4S/c1-12-2-4-13(5-3-12)18-22-17(21)16-10-15(25-19(16)23-18)11-24-8-6-14(20)7-9-24/h2-5,10,14H,6-9,11H2,1H3,(H2,21,22,23). The summed E-state index contributed by atoms with van der Waals surface area (Å²) >= 11 is 1.65. The van der Waals surface area contributed by atoms with Crippen molar-refractivity contribution in [1.82, 2.24) is 14.9 Å². The summed E-state index contributed by atoms with van der Waals surface area (Å²) in [4.78, 5) is 13.6. The summed E-state index contributed by atoms with van der Waals surface area (Å²) in [7, 11) is 0. The molecule has 4 rings (SSSR count). The van der Waals surface area contributed by atoms with Crippen LogP contribution in [0, 0.1) is 6.92 Å². The van der Waals surface area contributed by atoms with Crippen LogP contribution in [0.2, 0.25) is 0 Å². The number of aromatic nitrogens is 2. The van der Waals surface area contributed by atoms with Crippen molar-refractivity contribution in [2.24, 2.45) is 0 Å². The summed E-state index contributed by atoms with van der Waals surface area (Å²) in [6.07, 6.45) is 0.617. The van der Waals surface area contributed by atoms with Gasteiger partial charge in [-0.25, -0.2) is 14.4 Å². The first-order valence-electron chi connectivity index (χ1n) is 8.58. The van der Waals surface area contributed by atoms with Gasteiger partial charge in [0.05, 0.1) is 5.39 Å². The van der Waals surface area contributed by atoms with Crippen molar-refractivity contribution in [3.05, 3.63) is 40.8 Å². The lowest BCUT2D eigenvalue weighted by Gasteiger charge is -2.27. The number of anilines is 1. The molecule has 0 saturated carbocycles. The maximum atomic E-state index is 13.3. The Hall–Kier alpha value is -2.05. The van der Waals surface area contributed by atoms with E-state index in [-0.39, 0.29) is 0 Å². The van der Waals surface area contributed by atoms with E-state index in [0.717, 1.165) is 35.4 Å². The first kappa shape index (κ1) is 16.4. The minimum Gasteiger partial charge on any atom is -0.383 e. The van der Waals surface area contributed by atoms with Crippen molar-refractivity contribution in [2.45, 2.75) is 32.5 Å². The Kier molecular flexibility index (Phi) is 4.39. The van der Waals surface area contributed by atoms with Gasteiger partial charge in [-0.1, -0.05) is 29.8 Å². The molecule has 0 radical (unpaired) electrons. The molecule has 1 saturated heterocycles. The molecule has 1 fully saturated rings. The van der Waals surface area contributed by atoms with Crippen LogP contribution in [0.15, 0.2) is 30.3 Å². The van der Waals surface area contributed by atoms with Gasteiger partial charge in [0.25, 0.3) is 0 Å². The zero-order chi connectivity index (χ0) is 17.4. The van der Waals surface area contributed by atoms with Gasteiger partial charge >= 0.3 is 0 Å². The van der Waals surface area contributed by atoms with E-state index in [1.54, 1.807) is 11.3 Å². The number of thiophene rings is 1. The number of piperidine rings is 1. The number of nitrogen functional groups attached to an aromatic ring is 1. The van der Waals surface area contributed by atoms with Crippen LogP contribution >= 0.6 is 11.3 Å². The molecule has 1 aliphatic rings. The van der Waals surface area contributed by atoms with Crippen LogP contribution in [0.1, 0.15) is 23.3 Å². The molecular formula is C19H21FN4S. The number of likely N-dealkylation sites (tertiary alicyclic amines) is 1. The molecule has 6 heteroatoms. The van der Waals surface area contributed by atoms with Crippen LogP contribution in [-0.2, 0) is 6.54 Å². The molecule has 3 heterocycles. The molecular weight excluding hydrogens is 335 g/mol. The molecule has 0 spiro atoms. The predicted molar refractivity (Wildman–Crippen MR) is 101 cm³/mol. The first-order valence-corrected chi connectivity index (χ1v) is 9.39. The van der Waals surface area contributed by atoms with E-state index in [1.165, 1.54) is 10.4 Å². The van der Waals surface area contributed by atoms with Crippen molar-refractivity contribution in [1.29, 1.82) is 0 Å². The van der Waals surface area contributed by atoms with Crippen LogP contribution in [0.25, 0.3) is 21.6 Å². The number of fused-ring (bicyclic) bond motifs is 1. The van der Waals surface area contributed by atoms with Gasteiger partial charge in [0.1, 0.15) is 16.8 Å². The number of alkyl halides is 1. The highest BCUT2D eigenvalue weighted by atomic mass is 32.1. The minimum atomic E-state index is -0.641. The van der Waals surface area contributed by atoms with Crippen LogP contribution in [-0.4, -0.2) is 34.1 Å². The van der Waals surface area contributed by atoms with Crippen LogP contribution in [0.4, 0.5) is 10.2 Å². The number of aryl methyl sites for hydroxylation is 1. The molecule has 0 amide bonds. The average molecular weight is 356 g/mol. The summed E-state index contributed by atoms with van der Waals surface area (Å²) in [5, 5.41) is 0.913. The highest BCUT2D eigenvalue weighted by Crippen LogP contribution is 2.31. The van der Waals surface area contributed by atoms with E-state index in [4.69, 9.17) is 10.7 Å². The van der Waals surface area contributed by atoms with E-state index in [9.17, 15) is 4.39 Å². The maximum Gasteiger partial charge on any atom is 0.163 e. The lowest BCUT2D eigenvalue weighted by molar-refractivity contribution is 0.146. The molecule has 25 heavy (non-hydrogen) atoms. The van der Waals surface area contributed by atoms with Gasteiger partial charge in [0.2, 0.25) is 0 Å². The van der Waals surface area contributed by atoms with Crippen molar-refractivity contribution >= 4 is 27.4 Å². The Morgan fingerprint density at radius 2 is 1.92 bits per heavy atom. The molecule has 0 aliphatic carbocycles. The first-order chi connectivity index (χ1) is 12.1. The summed E-state index contributed by atoms with van der Waals surface area (Å²) in [6.45, 7) is 4.50. The highest BCUT2D eigenvalue weighted by Gasteiger charge is 2.19. The molecule has 2 N–H and O–H groups in total. The van der Waals surface area contributed by atoms with Crippen molar-refractivity contribution in [3.63, 3.8) is 0 Å².